The lowest BCUT2D eigenvalue weighted by molar-refractivity contribution is -0.0795. The predicted octanol–water partition coefficient (Wildman–Crippen LogP) is 2.99. The normalized spacial score (nSPS) is 25.7. The van der Waals surface area contributed by atoms with Gasteiger partial charge in [0.2, 0.25) is 5.89 Å². The second kappa shape index (κ2) is 5.92. The molecular weight excluding hydrogens is 304 g/mol. The van der Waals surface area contributed by atoms with Gasteiger partial charge in [0, 0.05) is 12.5 Å². The van der Waals surface area contributed by atoms with Crippen molar-refractivity contribution in [3.05, 3.63) is 47.6 Å². The highest BCUT2D eigenvalue weighted by molar-refractivity contribution is 5.76. The zero-order valence-corrected chi connectivity index (χ0v) is 13.9. The van der Waals surface area contributed by atoms with E-state index in [0.717, 1.165) is 19.4 Å². The fraction of sp³-hybridized carbons (Fsp3) is 0.500. The summed E-state index contributed by atoms with van der Waals surface area (Å²) in [5.74, 6) is 1.58. The van der Waals surface area contributed by atoms with Gasteiger partial charge in [-0.1, -0.05) is 48.3 Å². The SMILES string of the molecule is Cc1noc(CNC(=O)N2C[C@H]3CCCC[C@@]32c2ccccc2)n1. The Kier molecular flexibility index (Phi) is 3.75. The molecule has 0 spiro atoms. The Morgan fingerprint density at radius 1 is 1.38 bits per heavy atom. The lowest BCUT2D eigenvalue weighted by Crippen LogP contribution is -2.69. The van der Waals surface area contributed by atoms with Crippen molar-refractivity contribution in [3.63, 3.8) is 0 Å². The van der Waals surface area contributed by atoms with E-state index in [0.29, 0.717) is 17.6 Å². The van der Waals surface area contributed by atoms with Crippen molar-refractivity contribution in [1.29, 1.82) is 0 Å². The van der Waals surface area contributed by atoms with E-state index in [2.05, 4.69) is 39.7 Å². The number of urea groups is 1. The Labute approximate surface area is 141 Å². The maximum Gasteiger partial charge on any atom is 0.318 e. The highest BCUT2D eigenvalue weighted by atomic mass is 16.5. The number of nitrogens with zero attached hydrogens (tertiary/aromatic N) is 3. The monoisotopic (exact) mass is 326 g/mol. The van der Waals surface area contributed by atoms with Crippen molar-refractivity contribution in [1.82, 2.24) is 20.4 Å². The summed E-state index contributed by atoms with van der Waals surface area (Å²) in [7, 11) is 0. The van der Waals surface area contributed by atoms with Gasteiger partial charge in [-0.25, -0.2) is 4.79 Å². The summed E-state index contributed by atoms with van der Waals surface area (Å²) < 4.78 is 5.07. The van der Waals surface area contributed by atoms with Crippen molar-refractivity contribution < 1.29 is 9.32 Å². The van der Waals surface area contributed by atoms with E-state index in [4.69, 9.17) is 4.52 Å². The Morgan fingerprint density at radius 3 is 2.92 bits per heavy atom. The number of hydrogen-bond acceptors (Lipinski definition) is 4. The van der Waals surface area contributed by atoms with E-state index in [1.807, 2.05) is 11.0 Å². The fourth-order valence-corrected chi connectivity index (χ4v) is 4.28. The molecule has 24 heavy (non-hydrogen) atoms. The summed E-state index contributed by atoms with van der Waals surface area (Å²) in [6, 6.07) is 10.4. The van der Waals surface area contributed by atoms with Crippen LogP contribution in [0.2, 0.25) is 0 Å². The highest BCUT2D eigenvalue weighted by Crippen LogP contribution is 2.53. The van der Waals surface area contributed by atoms with Crippen LogP contribution in [0.5, 0.6) is 0 Å². The number of rotatable bonds is 3. The third kappa shape index (κ3) is 2.37. The molecule has 1 aliphatic carbocycles. The van der Waals surface area contributed by atoms with E-state index in [1.54, 1.807) is 6.92 Å². The first-order chi connectivity index (χ1) is 11.7. The Hall–Kier alpha value is -2.37. The minimum atomic E-state index is -0.144. The maximum atomic E-state index is 12.8. The molecule has 126 valence electrons. The smallest absolute Gasteiger partial charge is 0.318 e. The number of carbonyl (C=O) groups is 1. The molecule has 2 amide bonds. The number of nitrogens with one attached hydrogen (secondary N) is 1. The minimum absolute atomic E-state index is 0.0483. The molecule has 0 radical (unpaired) electrons. The number of aromatic nitrogens is 2. The van der Waals surface area contributed by atoms with E-state index >= 15 is 0 Å². The lowest BCUT2D eigenvalue weighted by Gasteiger charge is -2.61. The van der Waals surface area contributed by atoms with Crippen LogP contribution in [-0.2, 0) is 12.1 Å². The number of hydrogen-bond donors (Lipinski definition) is 1. The van der Waals surface area contributed by atoms with Crippen LogP contribution >= 0.6 is 0 Å². The number of carbonyl (C=O) groups excluding carboxylic acids is 1. The maximum absolute atomic E-state index is 12.8. The molecular formula is C18H22N4O2. The first-order valence-corrected chi connectivity index (χ1v) is 8.60. The average Bonchev–Trinajstić information content (AvgIpc) is 3.00. The second-order valence-corrected chi connectivity index (χ2v) is 6.74. The van der Waals surface area contributed by atoms with Gasteiger partial charge in [-0.05, 0) is 25.3 Å². The van der Waals surface area contributed by atoms with Crippen LogP contribution in [0.1, 0.15) is 43.0 Å². The van der Waals surface area contributed by atoms with Gasteiger partial charge in [0.15, 0.2) is 5.82 Å². The summed E-state index contributed by atoms with van der Waals surface area (Å²) in [4.78, 5) is 18.9. The quantitative estimate of drug-likeness (QED) is 0.941. The van der Waals surface area contributed by atoms with E-state index < -0.39 is 0 Å². The van der Waals surface area contributed by atoms with Gasteiger partial charge in [0.1, 0.15) is 0 Å². The van der Waals surface area contributed by atoms with Gasteiger partial charge >= 0.3 is 6.03 Å². The third-order valence-corrected chi connectivity index (χ3v) is 5.40. The number of amides is 2. The van der Waals surface area contributed by atoms with Crippen LogP contribution in [0.15, 0.2) is 34.9 Å². The summed E-state index contributed by atoms with van der Waals surface area (Å²) in [5, 5.41) is 6.68. The van der Waals surface area contributed by atoms with Gasteiger partial charge in [-0.15, -0.1) is 0 Å². The van der Waals surface area contributed by atoms with Gasteiger partial charge in [-0.2, -0.15) is 4.98 Å². The van der Waals surface area contributed by atoms with Crippen molar-refractivity contribution in [3.8, 4) is 0 Å². The third-order valence-electron chi connectivity index (χ3n) is 5.40. The number of fused-ring (bicyclic) bond motifs is 1. The number of aryl methyl sites for hydroxylation is 1. The Morgan fingerprint density at radius 2 is 2.21 bits per heavy atom. The van der Waals surface area contributed by atoms with Gasteiger partial charge in [0.25, 0.3) is 0 Å². The molecule has 2 aliphatic rings. The molecule has 1 aromatic carbocycles. The standard InChI is InChI=1S/C18H22N4O2/c1-13-20-16(24-21-13)11-19-17(23)22-12-15-9-5-6-10-18(15,22)14-7-3-2-4-8-14/h2-4,7-8,15H,5-6,9-12H2,1H3,(H,19,23)/t15-,18-/m1/s1. The van der Waals surface area contributed by atoms with Gasteiger partial charge in [-0.3, -0.25) is 0 Å². The zero-order chi connectivity index (χ0) is 16.6. The largest absolute Gasteiger partial charge is 0.337 e. The van der Waals surface area contributed by atoms with Crippen LogP contribution in [0.4, 0.5) is 4.79 Å². The molecule has 2 aromatic rings. The van der Waals surface area contributed by atoms with Crippen molar-refractivity contribution >= 4 is 6.03 Å². The van der Waals surface area contributed by atoms with Crippen LogP contribution < -0.4 is 5.32 Å². The molecule has 0 bridgehead atoms. The van der Waals surface area contributed by atoms with Crippen LogP contribution in [0.3, 0.4) is 0 Å². The first-order valence-electron chi connectivity index (χ1n) is 8.60. The molecule has 2 atom stereocenters. The molecule has 1 saturated heterocycles. The summed E-state index contributed by atoms with van der Waals surface area (Å²) in [5.41, 5.74) is 1.11. The molecule has 2 heterocycles. The van der Waals surface area contributed by atoms with Crippen LogP contribution in [0, 0.1) is 12.8 Å². The second-order valence-electron chi connectivity index (χ2n) is 6.74. The average molecular weight is 326 g/mol. The highest BCUT2D eigenvalue weighted by Gasteiger charge is 2.56. The van der Waals surface area contributed by atoms with Crippen molar-refractivity contribution in [2.45, 2.75) is 44.7 Å². The van der Waals surface area contributed by atoms with Gasteiger partial charge in [0.05, 0.1) is 12.1 Å². The van der Waals surface area contributed by atoms with Crippen LogP contribution in [-0.4, -0.2) is 27.6 Å². The Bertz CT molecular complexity index is 730. The van der Waals surface area contributed by atoms with E-state index in [1.165, 1.54) is 18.4 Å². The topological polar surface area (TPSA) is 71.3 Å². The van der Waals surface area contributed by atoms with Crippen molar-refractivity contribution in [2.75, 3.05) is 6.54 Å². The molecule has 6 heteroatoms. The summed E-state index contributed by atoms with van der Waals surface area (Å²) >= 11 is 0. The lowest BCUT2D eigenvalue weighted by atomic mass is 9.62. The summed E-state index contributed by atoms with van der Waals surface area (Å²) in [6.45, 7) is 2.86. The predicted molar refractivity (Wildman–Crippen MR) is 88.1 cm³/mol. The Balaban J connectivity index is 1.52. The molecule has 1 aromatic heterocycles. The first kappa shape index (κ1) is 15.2. The zero-order valence-electron chi connectivity index (χ0n) is 13.9. The van der Waals surface area contributed by atoms with Crippen LogP contribution in [0.25, 0.3) is 0 Å². The molecule has 0 unspecified atom stereocenters. The minimum Gasteiger partial charge on any atom is -0.337 e. The fourth-order valence-electron chi connectivity index (χ4n) is 4.28. The van der Waals surface area contributed by atoms with Crippen molar-refractivity contribution in [2.24, 2.45) is 5.92 Å². The van der Waals surface area contributed by atoms with E-state index in [9.17, 15) is 4.79 Å². The molecule has 1 aliphatic heterocycles. The molecule has 6 nitrogen and oxygen atoms in total. The molecule has 2 fully saturated rings. The van der Waals surface area contributed by atoms with Gasteiger partial charge < -0.3 is 14.7 Å². The summed E-state index contributed by atoms with van der Waals surface area (Å²) in [6.07, 6.45) is 4.66. The number of likely N-dealkylation sites (tertiary alicyclic amines) is 1. The number of benzene rings is 1. The van der Waals surface area contributed by atoms with E-state index in [-0.39, 0.29) is 18.1 Å². The molecule has 1 saturated carbocycles. The molecule has 4 rings (SSSR count). The molecule has 1 N–H and O–H groups in total.